The fourth-order valence-corrected chi connectivity index (χ4v) is 2.47. The van der Waals surface area contributed by atoms with Crippen molar-refractivity contribution >= 4 is 5.69 Å². The highest BCUT2D eigenvalue weighted by molar-refractivity contribution is 5.65. The number of hydrogen-bond acceptors (Lipinski definition) is 2. The standard InChI is InChI=1S/C14H20N2/c1-10-7-6-8-11(2)13(10)16-12(3)9-15-14(16,4)5/h6-9,15H,1-5H3. The molecule has 16 heavy (non-hydrogen) atoms. The van der Waals surface area contributed by atoms with Gasteiger partial charge in [0.1, 0.15) is 5.66 Å². The molecule has 1 aliphatic heterocycles. The largest absolute Gasteiger partial charge is 0.367 e. The van der Waals surface area contributed by atoms with Crippen LogP contribution in [0.1, 0.15) is 31.9 Å². The highest BCUT2D eigenvalue weighted by atomic mass is 15.4. The molecule has 0 saturated carbocycles. The van der Waals surface area contributed by atoms with E-state index in [1.807, 2.05) is 0 Å². The molecule has 1 heterocycles. The molecule has 0 bridgehead atoms. The Hall–Kier alpha value is -1.44. The van der Waals surface area contributed by atoms with Crippen molar-refractivity contribution < 1.29 is 0 Å². The lowest BCUT2D eigenvalue weighted by molar-refractivity contribution is 0.470. The van der Waals surface area contributed by atoms with Crippen LogP contribution in [0, 0.1) is 13.8 Å². The van der Waals surface area contributed by atoms with Gasteiger partial charge in [-0.3, -0.25) is 0 Å². The van der Waals surface area contributed by atoms with Gasteiger partial charge >= 0.3 is 0 Å². The van der Waals surface area contributed by atoms with Crippen LogP contribution in [0.5, 0.6) is 0 Å². The summed E-state index contributed by atoms with van der Waals surface area (Å²) in [6.07, 6.45) is 2.09. The van der Waals surface area contributed by atoms with E-state index >= 15 is 0 Å². The summed E-state index contributed by atoms with van der Waals surface area (Å²) in [5.74, 6) is 0. The van der Waals surface area contributed by atoms with E-state index in [-0.39, 0.29) is 5.66 Å². The molecule has 0 radical (unpaired) electrons. The van der Waals surface area contributed by atoms with E-state index in [0.29, 0.717) is 0 Å². The first kappa shape index (κ1) is 11.1. The summed E-state index contributed by atoms with van der Waals surface area (Å²) < 4.78 is 0. The van der Waals surface area contributed by atoms with Crippen molar-refractivity contribution in [1.29, 1.82) is 0 Å². The SMILES string of the molecule is CC1=CNC(C)(C)N1c1c(C)cccc1C. The third kappa shape index (κ3) is 1.58. The number of aryl methyl sites for hydroxylation is 2. The Morgan fingerprint density at radius 3 is 2.06 bits per heavy atom. The lowest BCUT2D eigenvalue weighted by atomic mass is 10.0. The van der Waals surface area contributed by atoms with Gasteiger partial charge in [-0.05, 0) is 45.7 Å². The van der Waals surface area contributed by atoms with E-state index in [4.69, 9.17) is 0 Å². The van der Waals surface area contributed by atoms with Crippen molar-refractivity contribution in [3.8, 4) is 0 Å². The minimum atomic E-state index is -0.0407. The molecule has 1 aromatic carbocycles. The maximum absolute atomic E-state index is 3.41. The van der Waals surface area contributed by atoms with Crippen molar-refractivity contribution in [3.63, 3.8) is 0 Å². The van der Waals surface area contributed by atoms with E-state index in [0.717, 1.165) is 0 Å². The fourth-order valence-electron chi connectivity index (χ4n) is 2.47. The summed E-state index contributed by atoms with van der Waals surface area (Å²) in [4.78, 5) is 2.37. The van der Waals surface area contributed by atoms with Crippen molar-refractivity contribution in [2.24, 2.45) is 0 Å². The molecule has 0 atom stereocenters. The Labute approximate surface area is 98.0 Å². The van der Waals surface area contributed by atoms with Crippen LogP contribution in [-0.4, -0.2) is 5.66 Å². The number of hydrogen-bond donors (Lipinski definition) is 1. The van der Waals surface area contributed by atoms with Gasteiger partial charge in [-0.2, -0.15) is 0 Å². The number of rotatable bonds is 1. The number of nitrogens with zero attached hydrogens (tertiary/aromatic N) is 1. The Morgan fingerprint density at radius 1 is 1.06 bits per heavy atom. The molecule has 2 nitrogen and oxygen atoms in total. The van der Waals surface area contributed by atoms with Gasteiger partial charge in [0.15, 0.2) is 0 Å². The molecule has 2 rings (SSSR count). The predicted octanol–water partition coefficient (Wildman–Crippen LogP) is 3.31. The van der Waals surface area contributed by atoms with Crippen LogP contribution in [0.4, 0.5) is 5.69 Å². The van der Waals surface area contributed by atoms with Gasteiger partial charge in [-0.25, -0.2) is 0 Å². The molecule has 1 aromatic rings. The molecule has 0 saturated heterocycles. The molecule has 0 spiro atoms. The van der Waals surface area contributed by atoms with E-state index in [9.17, 15) is 0 Å². The van der Waals surface area contributed by atoms with E-state index < -0.39 is 0 Å². The van der Waals surface area contributed by atoms with E-state index in [1.54, 1.807) is 0 Å². The van der Waals surface area contributed by atoms with Gasteiger partial charge in [0, 0.05) is 17.6 Å². The topological polar surface area (TPSA) is 15.3 Å². The van der Waals surface area contributed by atoms with E-state index in [1.165, 1.54) is 22.5 Å². The number of benzene rings is 1. The van der Waals surface area contributed by atoms with Crippen molar-refractivity contribution in [1.82, 2.24) is 5.32 Å². The van der Waals surface area contributed by atoms with Crippen LogP contribution in [0.25, 0.3) is 0 Å². The second kappa shape index (κ2) is 3.55. The summed E-state index contributed by atoms with van der Waals surface area (Å²) in [6.45, 7) is 10.9. The monoisotopic (exact) mass is 216 g/mol. The Bertz CT molecular complexity index is 424. The molecule has 1 N–H and O–H groups in total. The summed E-state index contributed by atoms with van der Waals surface area (Å²) >= 11 is 0. The molecule has 1 aliphatic rings. The van der Waals surface area contributed by atoms with Gasteiger partial charge < -0.3 is 10.2 Å². The first-order valence-electron chi connectivity index (χ1n) is 5.74. The van der Waals surface area contributed by atoms with Gasteiger partial charge in [0.2, 0.25) is 0 Å². The average Bonchev–Trinajstić information content (AvgIpc) is 2.44. The molecular formula is C14H20N2. The first-order valence-corrected chi connectivity index (χ1v) is 5.74. The lowest BCUT2D eigenvalue weighted by Gasteiger charge is -2.37. The summed E-state index contributed by atoms with van der Waals surface area (Å²) in [7, 11) is 0. The number of nitrogens with one attached hydrogen (secondary N) is 1. The average molecular weight is 216 g/mol. The van der Waals surface area contributed by atoms with Gasteiger partial charge in [-0.15, -0.1) is 0 Å². The van der Waals surface area contributed by atoms with Crippen LogP contribution in [0.3, 0.4) is 0 Å². The quantitative estimate of drug-likeness (QED) is 0.774. The zero-order valence-corrected chi connectivity index (χ0v) is 10.8. The number of para-hydroxylation sites is 1. The highest BCUT2D eigenvalue weighted by Crippen LogP contribution is 2.35. The van der Waals surface area contributed by atoms with Gasteiger partial charge in [0.25, 0.3) is 0 Å². The van der Waals surface area contributed by atoms with Gasteiger partial charge in [0.05, 0.1) is 0 Å². The summed E-state index contributed by atoms with van der Waals surface area (Å²) in [6, 6.07) is 6.46. The highest BCUT2D eigenvalue weighted by Gasteiger charge is 2.33. The molecule has 0 aromatic heterocycles. The van der Waals surface area contributed by atoms with Gasteiger partial charge in [-0.1, -0.05) is 18.2 Å². The van der Waals surface area contributed by atoms with Crippen LogP contribution in [0.15, 0.2) is 30.1 Å². The second-order valence-electron chi connectivity index (χ2n) is 5.06. The molecule has 0 amide bonds. The smallest absolute Gasteiger partial charge is 0.108 e. The number of allylic oxidation sites excluding steroid dienone is 1. The molecule has 2 heteroatoms. The van der Waals surface area contributed by atoms with Crippen LogP contribution < -0.4 is 10.2 Å². The van der Waals surface area contributed by atoms with Crippen molar-refractivity contribution in [2.45, 2.75) is 40.3 Å². The molecule has 86 valence electrons. The van der Waals surface area contributed by atoms with Crippen LogP contribution >= 0.6 is 0 Å². The summed E-state index contributed by atoms with van der Waals surface area (Å²) in [5, 5.41) is 3.41. The predicted molar refractivity (Wildman–Crippen MR) is 69.4 cm³/mol. The minimum absolute atomic E-state index is 0.0407. The van der Waals surface area contributed by atoms with Crippen molar-refractivity contribution in [2.75, 3.05) is 4.90 Å². The molecule has 0 aliphatic carbocycles. The normalized spacial score (nSPS) is 18.3. The molecule has 0 fully saturated rings. The number of anilines is 1. The Balaban J connectivity index is 2.56. The maximum Gasteiger partial charge on any atom is 0.108 e. The second-order valence-corrected chi connectivity index (χ2v) is 5.06. The Kier molecular flexibility index (Phi) is 2.45. The third-order valence-electron chi connectivity index (χ3n) is 3.21. The first-order chi connectivity index (χ1) is 7.43. The lowest BCUT2D eigenvalue weighted by Crippen LogP contribution is -2.47. The van der Waals surface area contributed by atoms with Crippen LogP contribution in [-0.2, 0) is 0 Å². The molecular weight excluding hydrogens is 196 g/mol. The molecule has 0 unspecified atom stereocenters. The van der Waals surface area contributed by atoms with Crippen LogP contribution in [0.2, 0.25) is 0 Å². The summed E-state index contributed by atoms with van der Waals surface area (Å²) in [5.41, 5.74) is 5.20. The maximum atomic E-state index is 3.41. The zero-order valence-electron chi connectivity index (χ0n) is 10.8. The third-order valence-corrected chi connectivity index (χ3v) is 3.21. The Morgan fingerprint density at radius 2 is 1.62 bits per heavy atom. The fraction of sp³-hybridized carbons (Fsp3) is 0.429. The van der Waals surface area contributed by atoms with Crippen molar-refractivity contribution in [3.05, 3.63) is 41.2 Å². The minimum Gasteiger partial charge on any atom is -0.367 e. The zero-order chi connectivity index (χ0) is 11.9. The van der Waals surface area contributed by atoms with E-state index in [2.05, 4.69) is 69.2 Å².